The fourth-order valence-electron chi connectivity index (χ4n) is 2.64. The van der Waals surface area contributed by atoms with Crippen molar-refractivity contribution in [3.8, 4) is 6.07 Å². The summed E-state index contributed by atoms with van der Waals surface area (Å²) in [4.78, 5) is 2.48. The lowest BCUT2D eigenvalue weighted by Crippen LogP contribution is -2.37. The molecule has 96 valence electrons. The van der Waals surface area contributed by atoms with E-state index in [1.807, 2.05) is 0 Å². The molecule has 1 aliphatic rings. The Morgan fingerprint density at radius 3 is 2.28 bits per heavy atom. The number of nitriles is 1. The van der Waals surface area contributed by atoms with Gasteiger partial charge in [0.15, 0.2) is 0 Å². The van der Waals surface area contributed by atoms with E-state index in [9.17, 15) is 0 Å². The quantitative estimate of drug-likeness (QED) is 0.794. The summed E-state index contributed by atoms with van der Waals surface area (Å²) in [6.45, 7) is 9.57. The molecular formula is C16H22N2. The molecule has 0 unspecified atom stereocenters. The van der Waals surface area contributed by atoms with Gasteiger partial charge in [-0.3, -0.25) is 4.90 Å². The first kappa shape index (κ1) is 13.1. The molecule has 0 bridgehead atoms. The van der Waals surface area contributed by atoms with Crippen molar-refractivity contribution in [2.45, 2.75) is 40.2 Å². The molecule has 1 heterocycles. The van der Waals surface area contributed by atoms with Crippen molar-refractivity contribution < 1.29 is 0 Å². The van der Waals surface area contributed by atoms with Crippen molar-refractivity contribution in [1.82, 2.24) is 4.90 Å². The minimum atomic E-state index is -0.0999. The SMILES string of the molecule is Cc1cccc(C)c1CN1CCC(C)(C#N)CC1. The van der Waals surface area contributed by atoms with Crippen molar-refractivity contribution in [2.24, 2.45) is 5.41 Å². The first-order valence-corrected chi connectivity index (χ1v) is 6.73. The molecule has 0 saturated carbocycles. The number of aryl methyl sites for hydroxylation is 2. The zero-order valence-corrected chi connectivity index (χ0v) is 11.7. The Balaban J connectivity index is 2.03. The summed E-state index contributed by atoms with van der Waals surface area (Å²) < 4.78 is 0. The van der Waals surface area contributed by atoms with Crippen LogP contribution in [0.3, 0.4) is 0 Å². The molecule has 1 aromatic carbocycles. The molecule has 1 aromatic rings. The third-order valence-corrected chi connectivity index (χ3v) is 4.26. The van der Waals surface area contributed by atoms with Gasteiger partial charge in [-0.15, -0.1) is 0 Å². The van der Waals surface area contributed by atoms with Gasteiger partial charge in [-0.1, -0.05) is 18.2 Å². The van der Waals surface area contributed by atoms with E-state index < -0.39 is 0 Å². The van der Waals surface area contributed by atoms with Crippen molar-refractivity contribution >= 4 is 0 Å². The average Bonchev–Trinajstić information content (AvgIpc) is 2.36. The van der Waals surface area contributed by atoms with Crippen molar-refractivity contribution in [3.63, 3.8) is 0 Å². The van der Waals surface area contributed by atoms with E-state index in [0.29, 0.717) is 0 Å². The molecule has 0 aliphatic carbocycles. The normalized spacial score (nSPS) is 19.4. The number of likely N-dealkylation sites (tertiary alicyclic amines) is 1. The van der Waals surface area contributed by atoms with Crippen LogP contribution in [0, 0.1) is 30.6 Å². The molecule has 0 aromatic heterocycles. The van der Waals surface area contributed by atoms with Crippen molar-refractivity contribution in [1.29, 1.82) is 5.26 Å². The van der Waals surface area contributed by atoms with Crippen LogP contribution in [-0.2, 0) is 6.54 Å². The molecule has 2 rings (SSSR count). The molecule has 0 radical (unpaired) electrons. The zero-order chi connectivity index (χ0) is 13.2. The maximum absolute atomic E-state index is 9.15. The fourth-order valence-corrected chi connectivity index (χ4v) is 2.64. The molecule has 0 N–H and O–H groups in total. The molecule has 1 aliphatic heterocycles. The minimum Gasteiger partial charge on any atom is -0.299 e. The van der Waals surface area contributed by atoms with Crippen LogP contribution >= 0.6 is 0 Å². The molecular weight excluding hydrogens is 220 g/mol. The van der Waals surface area contributed by atoms with Gasteiger partial charge >= 0.3 is 0 Å². The first-order chi connectivity index (χ1) is 8.54. The van der Waals surface area contributed by atoms with Crippen LogP contribution in [0.4, 0.5) is 0 Å². The maximum Gasteiger partial charge on any atom is 0.0687 e. The standard InChI is InChI=1S/C16H22N2/c1-13-5-4-6-14(2)15(13)11-18-9-7-16(3,12-17)8-10-18/h4-6H,7-11H2,1-3H3. The second-order valence-electron chi connectivity index (χ2n) is 5.82. The predicted octanol–water partition coefficient (Wildman–Crippen LogP) is 3.43. The summed E-state index contributed by atoms with van der Waals surface area (Å²) >= 11 is 0. The van der Waals surface area contributed by atoms with Gasteiger partial charge in [0.05, 0.1) is 11.5 Å². The molecule has 2 nitrogen and oxygen atoms in total. The van der Waals surface area contributed by atoms with Crippen LogP contribution in [0.1, 0.15) is 36.5 Å². The summed E-state index contributed by atoms with van der Waals surface area (Å²) in [6, 6.07) is 8.96. The molecule has 0 spiro atoms. The molecule has 1 fully saturated rings. The molecule has 1 saturated heterocycles. The number of benzene rings is 1. The van der Waals surface area contributed by atoms with E-state index in [4.69, 9.17) is 5.26 Å². The third-order valence-electron chi connectivity index (χ3n) is 4.26. The van der Waals surface area contributed by atoms with E-state index in [1.165, 1.54) is 16.7 Å². The molecule has 0 amide bonds. The smallest absolute Gasteiger partial charge is 0.0687 e. The predicted molar refractivity (Wildman–Crippen MR) is 74.1 cm³/mol. The Morgan fingerprint density at radius 1 is 1.22 bits per heavy atom. The van der Waals surface area contributed by atoms with E-state index in [1.54, 1.807) is 0 Å². The Labute approximate surface area is 110 Å². The van der Waals surface area contributed by atoms with Crippen LogP contribution in [-0.4, -0.2) is 18.0 Å². The van der Waals surface area contributed by atoms with Gasteiger partial charge in [0.1, 0.15) is 0 Å². The maximum atomic E-state index is 9.15. The van der Waals surface area contributed by atoms with Crippen molar-refractivity contribution in [2.75, 3.05) is 13.1 Å². The Bertz CT molecular complexity index is 442. The highest BCUT2D eigenvalue weighted by Crippen LogP contribution is 2.30. The highest BCUT2D eigenvalue weighted by atomic mass is 15.1. The van der Waals surface area contributed by atoms with Crippen LogP contribution < -0.4 is 0 Å². The molecule has 18 heavy (non-hydrogen) atoms. The van der Waals surface area contributed by atoms with Gasteiger partial charge in [0.2, 0.25) is 0 Å². The lowest BCUT2D eigenvalue weighted by atomic mass is 9.82. The van der Waals surface area contributed by atoms with Gasteiger partial charge < -0.3 is 0 Å². The third kappa shape index (κ3) is 2.73. The van der Waals surface area contributed by atoms with Gasteiger partial charge in [-0.05, 0) is 63.4 Å². The average molecular weight is 242 g/mol. The Kier molecular flexibility index (Phi) is 3.73. The van der Waals surface area contributed by atoms with Crippen LogP contribution in [0.25, 0.3) is 0 Å². The summed E-state index contributed by atoms with van der Waals surface area (Å²) in [6.07, 6.45) is 1.99. The zero-order valence-electron chi connectivity index (χ0n) is 11.7. The fraction of sp³-hybridized carbons (Fsp3) is 0.562. The van der Waals surface area contributed by atoms with Crippen LogP contribution in [0.15, 0.2) is 18.2 Å². The summed E-state index contributed by atoms with van der Waals surface area (Å²) in [7, 11) is 0. The number of hydrogen-bond donors (Lipinski definition) is 0. The number of piperidine rings is 1. The van der Waals surface area contributed by atoms with E-state index in [-0.39, 0.29) is 5.41 Å². The van der Waals surface area contributed by atoms with E-state index in [2.05, 4.69) is 49.9 Å². The number of nitrogens with zero attached hydrogens (tertiary/aromatic N) is 2. The van der Waals surface area contributed by atoms with Gasteiger partial charge in [0.25, 0.3) is 0 Å². The largest absolute Gasteiger partial charge is 0.299 e. The van der Waals surface area contributed by atoms with Crippen LogP contribution in [0.2, 0.25) is 0 Å². The summed E-state index contributed by atoms with van der Waals surface area (Å²) in [5.74, 6) is 0. The van der Waals surface area contributed by atoms with E-state index >= 15 is 0 Å². The lowest BCUT2D eigenvalue weighted by Gasteiger charge is -2.35. The van der Waals surface area contributed by atoms with Gasteiger partial charge in [-0.2, -0.15) is 5.26 Å². The monoisotopic (exact) mass is 242 g/mol. The first-order valence-electron chi connectivity index (χ1n) is 6.73. The Hall–Kier alpha value is -1.33. The minimum absolute atomic E-state index is 0.0999. The highest BCUT2D eigenvalue weighted by molar-refractivity contribution is 5.33. The Morgan fingerprint density at radius 2 is 1.78 bits per heavy atom. The summed E-state index contributed by atoms with van der Waals surface area (Å²) in [5, 5.41) is 9.15. The van der Waals surface area contributed by atoms with Crippen LogP contribution in [0.5, 0.6) is 0 Å². The molecule has 2 heteroatoms. The second kappa shape index (κ2) is 5.12. The van der Waals surface area contributed by atoms with Gasteiger partial charge in [0, 0.05) is 6.54 Å². The highest BCUT2D eigenvalue weighted by Gasteiger charge is 2.29. The second-order valence-corrected chi connectivity index (χ2v) is 5.82. The van der Waals surface area contributed by atoms with E-state index in [0.717, 1.165) is 32.5 Å². The summed E-state index contributed by atoms with van der Waals surface area (Å²) in [5.41, 5.74) is 4.11. The van der Waals surface area contributed by atoms with Crippen molar-refractivity contribution in [3.05, 3.63) is 34.9 Å². The van der Waals surface area contributed by atoms with Gasteiger partial charge in [-0.25, -0.2) is 0 Å². The number of rotatable bonds is 2. The number of hydrogen-bond acceptors (Lipinski definition) is 2. The molecule has 0 atom stereocenters. The topological polar surface area (TPSA) is 27.0 Å². The lowest BCUT2D eigenvalue weighted by molar-refractivity contribution is 0.150.